The van der Waals surface area contributed by atoms with Gasteiger partial charge in [0.1, 0.15) is 12.4 Å². The Labute approximate surface area is 152 Å². The Morgan fingerprint density at radius 2 is 1.96 bits per heavy atom. The number of nitrogens with two attached hydrogens (primary N) is 1. The molecule has 8 heteroatoms. The number of imide groups is 1. The van der Waals surface area contributed by atoms with E-state index in [0.29, 0.717) is 12.4 Å². The maximum Gasteiger partial charge on any atom is 0.338 e. The number of rotatable bonds is 7. The first-order valence-corrected chi connectivity index (χ1v) is 8.52. The number of primary amides is 1. The van der Waals surface area contributed by atoms with E-state index in [-0.39, 0.29) is 17.6 Å². The first-order valence-electron chi connectivity index (χ1n) is 8.52. The average molecular weight is 364 g/mol. The van der Waals surface area contributed by atoms with E-state index < -0.39 is 24.0 Å². The molecule has 142 valence electrons. The second-order valence-corrected chi connectivity index (χ2v) is 6.39. The zero-order valence-electron chi connectivity index (χ0n) is 14.9. The lowest BCUT2D eigenvalue weighted by molar-refractivity contribution is -0.130. The molecule has 0 saturated carbocycles. The van der Waals surface area contributed by atoms with Crippen LogP contribution in [0.1, 0.15) is 37.0 Å². The second kappa shape index (κ2) is 9.19. The minimum Gasteiger partial charge on any atom is -0.491 e. The van der Waals surface area contributed by atoms with Gasteiger partial charge < -0.3 is 19.9 Å². The van der Waals surface area contributed by atoms with Crippen LogP contribution in [0.4, 0.5) is 4.79 Å². The van der Waals surface area contributed by atoms with E-state index in [1.54, 1.807) is 38.1 Å². The van der Waals surface area contributed by atoms with Crippen LogP contribution in [0.15, 0.2) is 24.3 Å². The summed E-state index contributed by atoms with van der Waals surface area (Å²) in [5.74, 6) is -1.14. The van der Waals surface area contributed by atoms with Gasteiger partial charge in [-0.25, -0.2) is 9.59 Å². The third-order valence-electron chi connectivity index (χ3n) is 3.89. The highest BCUT2D eigenvalue weighted by atomic mass is 16.5. The molecule has 1 aliphatic rings. The molecule has 2 rings (SSSR count). The predicted molar refractivity (Wildman–Crippen MR) is 92.7 cm³/mol. The lowest BCUT2D eigenvalue weighted by Gasteiger charge is -2.20. The molecule has 0 bridgehead atoms. The molecule has 1 aromatic rings. The molecular formula is C18H24N2O6. The van der Waals surface area contributed by atoms with Crippen molar-refractivity contribution in [1.29, 1.82) is 0 Å². The SMILES string of the molecule is CC(C)[C@@H](OC(=O)c1ccc(OC[C@H]2CCCO2)cc1)C(=O)NC(N)=O. The maximum absolute atomic E-state index is 12.2. The van der Waals surface area contributed by atoms with Gasteiger partial charge >= 0.3 is 12.0 Å². The van der Waals surface area contributed by atoms with Gasteiger partial charge in [-0.1, -0.05) is 13.8 Å². The number of hydrogen-bond acceptors (Lipinski definition) is 6. The minimum atomic E-state index is -1.12. The number of amides is 3. The van der Waals surface area contributed by atoms with Crippen molar-refractivity contribution in [1.82, 2.24) is 5.32 Å². The Kier molecular flexibility index (Phi) is 6.97. The van der Waals surface area contributed by atoms with E-state index >= 15 is 0 Å². The number of carbonyl (C=O) groups is 3. The van der Waals surface area contributed by atoms with E-state index in [9.17, 15) is 14.4 Å². The Hall–Kier alpha value is -2.61. The van der Waals surface area contributed by atoms with Gasteiger partial charge in [-0.05, 0) is 43.0 Å². The summed E-state index contributed by atoms with van der Waals surface area (Å²) in [5, 5.41) is 1.92. The van der Waals surface area contributed by atoms with Gasteiger partial charge in [-0.3, -0.25) is 10.1 Å². The number of urea groups is 1. The smallest absolute Gasteiger partial charge is 0.338 e. The number of carbonyl (C=O) groups excluding carboxylic acids is 3. The van der Waals surface area contributed by atoms with Crippen molar-refractivity contribution in [3.63, 3.8) is 0 Å². The van der Waals surface area contributed by atoms with Crippen molar-refractivity contribution >= 4 is 17.9 Å². The molecule has 0 spiro atoms. The second-order valence-electron chi connectivity index (χ2n) is 6.39. The number of esters is 1. The van der Waals surface area contributed by atoms with E-state index in [1.165, 1.54) is 0 Å². The summed E-state index contributed by atoms with van der Waals surface area (Å²) in [6, 6.07) is 5.41. The van der Waals surface area contributed by atoms with Crippen LogP contribution in [0.5, 0.6) is 5.75 Å². The van der Waals surface area contributed by atoms with Gasteiger partial charge in [0.05, 0.1) is 11.7 Å². The largest absolute Gasteiger partial charge is 0.491 e. The van der Waals surface area contributed by atoms with E-state index in [0.717, 1.165) is 19.4 Å². The first kappa shape index (κ1) is 19.7. The van der Waals surface area contributed by atoms with Gasteiger partial charge in [0.25, 0.3) is 5.91 Å². The number of nitrogens with one attached hydrogen (secondary N) is 1. The molecule has 0 radical (unpaired) electrons. The Balaban J connectivity index is 1.92. The van der Waals surface area contributed by atoms with Gasteiger partial charge in [0, 0.05) is 6.61 Å². The molecular weight excluding hydrogens is 340 g/mol. The number of hydrogen-bond donors (Lipinski definition) is 2. The first-order chi connectivity index (χ1) is 12.4. The molecule has 0 aromatic heterocycles. The summed E-state index contributed by atoms with van der Waals surface area (Å²) in [6.07, 6.45) is 1.01. The van der Waals surface area contributed by atoms with Crippen molar-refractivity contribution in [2.45, 2.75) is 38.9 Å². The molecule has 1 aromatic carbocycles. The Morgan fingerprint density at radius 3 is 2.50 bits per heavy atom. The molecule has 3 amide bonds. The third-order valence-corrected chi connectivity index (χ3v) is 3.89. The minimum absolute atomic E-state index is 0.107. The summed E-state index contributed by atoms with van der Waals surface area (Å²) >= 11 is 0. The normalized spacial score (nSPS) is 17.6. The van der Waals surface area contributed by atoms with Crippen LogP contribution in [0.25, 0.3) is 0 Å². The monoisotopic (exact) mass is 364 g/mol. The highest BCUT2D eigenvalue weighted by Crippen LogP contribution is 2.18. The fourth-order valence-corrected chi connectivity index (χ4v) is 2.52. The van der Waals surface area contributed by atoms with Crippen molar-refractivity contribution < 1.29 is 28.6 Å². The van der Waals surface area contributed by atoms with Crippen LogP contribution in [0.2, 0.25) is 0 Å². The maximum atomic E-state index is 12.2. The van der Waals surface area contributed by atoms with E-state index in [1.807, 2.05) is 5.32 Å². The van der Waals surface area contributed by atoms with Crippen molar-refractivity contribution in [3.05, 3.63) is 29.8 Å². The molecule has 1 fully saturated rings. The number of ether oxygens (including phenoxy) is 3. The van der Waals surface area contributed by atoms with Crippen LogP contribution < -0.4 is 15.8 Å². The fourth-order valence-electron chi connectivity index (χ4n) is 2.52. The molecule has 1 saturated heterocycles. The quantitative estimate of drug-likeness (QED) is 0.710. The van der Waals surface area contributed by atoms with Gasteiger partial charge in [-0.2, -0.15) is 0 Å². The molecule has 1 aliphatic heterocycles. The summed E-state index contributed by atoms with van der Waals surface area (Å²) in [5.41, 5.74) is 5.20. The molecule has 2 atom stereocenters. The van der Waals surface area contributed by atoms with Crippen LogP contribution in [-0.2, 0) is 14.3 Å². The average Bonchev–Trinajstić information content (AvgIpc) is 3.10. The van der Waals surface area contributed by atoms with Gasteiger partial charge in [0.15, 0.2) is 6.10 Å². The topological polar surface area (TPSA) is 117 Å². The Morgan fingerprint density at radius 1 is 1.27 bits per heavy atom. The standard InChI is InChI=1S/C18H24N2O6/c1-11(2)15(16(21)20-18(19)23)26-17(22)12-5-7-13(8-6-12)25-10-14-4-3-9-24-14/h5-8,11,14-15H,3-4,9-10H2,1-2H3,(H3,19,20,21,23)/t14-,15-/m1/s1. The van der Waals surface area contributed by atoms with E-state index in [4.69, 9.17) is 19.9 Å². The number of benzene rings is 1. The Bertz CT molecular complexity index is 638. The highest BCUT2D eigenvalue weighted by molar-refractivity contribution is 5.98. The summed E-state index contributed by atoms with van der Waals surface area (Å²) in [6.45, 7) is 4.62. The lowest BCUT2D eigenvalue weighted by atomic mass is 10.1. The fraction of sp³-hybridized carbons (Fsp3) is 0.500. The lowest BCUT2D eigenvalue weighted by Crippen LogP contribution is -2.45. The third kappa shape index (κ3) is 5.73. The van der Waals surface area contributed by atoms with Crippen LogP contribution in [-0.4, -0.2) is 43.3 Å². The van der Waals surface area contributed by atoms with Crippen LogP contribution >= 0.6 is 0 Å². The summed E-state index contributed by atoms with van der Waals surface area (Å²) in [7, 11) is 0. The van der Waals surface area contributed by atoms with Crippen LogP contribution in [0, 0.1) is 5.92 Å². The zero-order valence-corrected chi connectivity index (χ0v) is 14.9. The van der Waals surface area contributed by atoms with Crippen LogP contribution in [0.3, 0.4) is 0 Å². The summed E-state index contributed by atoms with van der Waals surface area (Å²) < 4.78 is 16.3. The molecule has 26 heavy (non-hydrogen) atoms. The molecule has 1 heterocycles. The predicted octanol–water partition coefficient (Wildman–Crippen LogP) is 1.62. The van der Waals surface area contributed by atoms with Gasteiger partial charge in [0.2, 0.25) is 0 Å². The van der Waals surface area contributed by atoms with E-state index in [2.05, 4.69) is 0 Å². The molecule has 3 N–H and O–H groups in total. The molecule has 0 aliphatic carbocycles. The van der Waals surface area contributed by atoms with Crippen molar-refractivity contribution in [2.75, 3.05) is 13.2 Å². The van der Waals surface area contributed by atoms with Crippen molar-refractivity contribution in [3.8, 4) is 5.75 Å². The summed E-state index contributed by atoms with van der Waals surface area (Å²) in [4.78, 5) is 35.0. The molecule has 0 unspecified atom stereocenters. The van der Waals surface area contributed by atoms with Crippen molar-refractivity contribution in [2.24, 2.45) is 11.7 Å². The zero-order chi connectivity index (χ0) is 19.1. The highest BCUT2D eigenvalue weighted by Gasteiger charge is 2.28. The molecule has 8 nitrogen and oxygen atoms in total. The van der Waals surface area contributed by atoms with Gasteiger partial charge in [-0.15, -0.1) is 0 Å².